The Morgan fingerprint density at radius 1 is 1.38 bits per heavy atom. The average molecular weight is 336 g/mol. The number of halogens is 3. The van der Waals surface area contributed by atoms with E-state index in [1.54, 1.807) is 11.8 Å². The van der Waals surface area contributed by atoms with Crippen LogP contribution in [0.4, 0.5) is 13.2 Å². The van der Waals surface area contributed by atoms with Gasteiger partial charge in [0.15, 0.2) is 0 Å². The molecule has 1 saturated heterocycles. The van der Waals surface area contributed by atoms with Crippen LogP contribution in [0.15, 0.2) is 18.5 Å². The Labute approximate surface area is 131 Å². The van der Waals surface area contributed by atoms with E-state index in [0.29, 0.717) is 11.8 Å². The van der Waals surface area contributed by atoms with E-state index in [-0.39, 0.29) is 16.9 Å². The molecule has 2 rings (SSSR count). The number of thioether (sulfide) groups is 2. The van der Waals surface area contributed by atoms with Gasteiger partial charge in [0.1, 0.15) is 0 Å². The number of alkyl halides is 3. The van der Waals surface area contributed by atoms with Gasteiger partial charge in [-0.1, -0.05) is 13.8 Å². The van der Waals surface area contributed by atoms with Crippen LogP contribution < -0.4 is 5.32 Å². The molecule has 0 aromatic carbocycles. The number of hydrogen-bond acceptors (Lipinski definition) is 4. The van der Waals surface area contributed by atoms with E-state index in [1.165, 1.54) is 12.4 Å². The van der Waals surface area contributed by atoms with Gasteiger partial charge >= 0.3 is 6.18 Å². The van der Waals surface area contributed by atoms with Crippen molar-refractivity contribution in [2.45, 2.75) is 36.6 Å². The molecule has 2 heterocycles. The highest BCUT2D eigenvalue weighted by Crippen LogP contribution is 2.42. The average Bonchev–Trinajstić information content (AvgIpc) is 2.45. The number of pyridine rings is 1. The van der Waals surface area contributed by atoms with Gasteiger partial charge in [-0.2, -0.15) is 36.7 Å². The second-order valence-electron chi connectivity index (χ2n) is 4.91. The maximum absolute atomic E-state index is 13.2. The van der Waals surface area contributed by atoms with Gasteiger partial charge in [0, 0.05) is 46.0 Å². The maximum atomic E-state index is 13.2. The molecule has 1 N–H and O–H groups in total. The highest BCUT2D eigenvalue weighted by Gasteiger charge is 2.39. The second kappa shape index (κ2) is 7.24. The molecule has 2 nitrogen and oxygen atoms in total. The van der Waals surface area contributed by atoms with Gasteiger partial charge in [-0.25, -0.2) is 0 Å². The fraction of sp³-hybridized carbons (Fsp3) is 0.643. The maximum Gasteiger partial charge on any atom is 0.416 e. The predicted molar refractivity (Wildman–Crippen MR) is 83.8 cm³/mol. The van der Waals surface area contributed by atoms with Crippen LogP contribution in [0.1, 0.15) is 31.0 Å². The largest absolute Gasteiger partial charge is 0.416 e. The van der Waals surface area contributed by atoms with E-state index in [1.807, 2.05) is 18.7 Å². The Hall–Kier alpha value is -0.400. The lowest BCUT2D eigenvalue weighted by Gasteiger charge is -2.36. The summed E-state index contributed by atoms with van der Waals surface area (Å²) < 4.78 is 39.7. The molecule has 0 aliphatic carbocycles. The Morgan fingerprint density at radius 3 is 2.71 bits per heavy atom. The van der Waals surface area contributed by atoms with E-state index in [9.17, 15) is 13.2 Å². The van der Waals surface area contributed by atoms with E-state index in [0.717, 1.165) is 17.6 Å². The molecule has 7 heteroatoms. The quantitative estimate of drug-likeness (QED) is 0.899. The number of nitrogens with zero attached hydrogens (tertiary/aromatic N) is 1. The monoisotopic (exact) mass is 336 g/mol. The van der Waals surface area contributed by atoms with Crippen molar-refractivity contribution in [2.75, 3.05) is 18.1 Å². The Morgan fingerprint density at radius 2 is 2.10 bits per heavy atom. The SMILES string of the molecule is CCNC(c1cnccc1C(F)(F)F)C1SCCSC1C. The summed E-state index contributed by atoms with van der Waals surface area (Å²) in [7, 11) is 0. The van der Waals surface area contributed by atoms with Gasteiger partial charge < -0.3 is 5.32 Å². The molecule has 3 atom stereocenters. The summed E-state index contributed by atoms with van der Waals surface area (Å²) in [6, 6.07) is 0.749. The summed E-state index contributed by atoms with van der Waals surface area (Å²) in [6.07, 6.45) is -1.77. The standard InChI is InChI=1S/C14H19F3N2S2/c1-3-19-12(13-9(2)20-6-7-21-13)10-8-18-5-4-11(10)14(15,16)17/h4-5,8-9,12-13,19H,3,6-7H2,1-2H3. The molecule has 1 aliphatic heterocycles. The van der Waals surface area contributed by atoms with Crippen molar-refractivity contribution in [3.8, 4) is 0 Å². The van der Waals surface area contributed by atoms with Crippen LogP contribution >= 0.6 is 23.5 Å². The third kappa shape index (κ3) is 4.07. The fourth-order valence-electron chi connectivity index (χ4n) is 2.55. The third-order valence-corrected chi connectivity index (χ3v) is 6.68. The van der Waals surface area contributed by atoms with Crippen molar-refractivity contribution >= 4 is 23.5 Å². The molecule has 0 amide bonds. The lowest BCUT2D eigenvalue weighted by molar-refractivity contribution is -0.138. The van der Waals surface area contributed by atoms with Gasteiger partial charge in [-0.15, -0.1) is 0 Å². The molecule has 1 fully saturated rings. The van der Waals surface area contributed by atoms with E-state index >= 15 is 0 Å². The van der Waals surface area contributed by atoms with Gasteiger partial charge in [0.25, 0.3) is 0 Å². The normalized spacial score (nSPS) is 24.8. The molecule has 118 valence electrons. The molecular formula is C14H19F3N2S2. The van der Waals surface area contributed by atoms with E-state index in [2.05, 4.69) is 17.2 Å². The molecule has 1 aromatic heterocycles. The summed E-state index contributed by atoms with van der Waals surface area (Å²) >= 11 is 3.58. The summed E-state index contributed by atoms with van der Waals surface area (Å²) in [6.45, 7) is 4.64. The van der Waals surface area contributed by atoms with E-state index < -0.39 is 11.7 Å². The number of rotatable bonds is 4. The van der Waals surface area contributed by atoms with Crippen molar-refractivity contribution in [1.29, 1.82) is 0 Å². The van der Waals surface area contributed by atoms with E-state index in [4.69, 9.17) is 0 Å². The molecule has 0 saturated carbocycles. The lowest BCUT2D eigenvalue weighted by Crippen LogP contribution is -2.38. The van der Waals surface area contributed by atoms with Gasteiger partial charge in [0.05, 0.1) is 5.56 Å². The number of hydrogen-bond donors (Lipinski definition) is 1. The minimum atomic E-state index is -4.35. The first-order chi connectivity index (χ1) is 9.95. The Kier molecular flexibility index (Phi) is 5.85. The summed E-state index contributed by atoms with van der Waals surface area (Å²) in [5, 5.41) is 3.67. The topological polar surface area (TPSA) is 24.9 Å². The van der Waals surface area contributed by atoms with Crippen LogP contribution in [0.25, 0.3) is 0 Å². The molecule has 0 spiro atoms. The van der Waals surface area contributed by atoms with Crippen LogP contribution in [0.2, 0.25) is 0 Å². The van der Waals surface area contributed by atoms with Gasteiger partial charge in [0.2, 0.25) is 0 Å². The molecule has 1 aliphatic rings. The van der Waals surface area contributed by atoms with Crippen LogP contribution in [0.5, 0.6) is 0 Å². The minimum Gasteiger partial charge on any atom is -0.309 e. The minimum absolute atomic E-state index is 0.119. The molecule has 21 heavy (non-hydrogen) atoms. The highest BCUT2D eigenvalue weighted by atomic mass is 32.2. The molecule has 0 radical (unpaired) electrons. The first-order valence-electron chi connectivity index (χ1n) is 6.92. The van der Waals surface area contributed by atoms with Crippen molar-refractivity contribution in [1.82, 2.24) is 10.3 Å². The van der Waals surface area contributed by atoms with Gasteiger partial charge in [-0.3, -0.25) is 4.98 Å². The molecule has 3 unspecified atom stereocenters. The zero-order valence-corrected chi connectivity index (χ0v) is 13.6. The molecule has 1 aromatic rings. The third-order valence-electron chi connectivity index (χ3n) is 3.48. The van der Waals surface area contributed by atoms with Crippen molar-refractivity contribution < 1.29 is 13.2 Å². The van der Waals surface area contributed by atoms with Crippen LogP contribution in [-0.4, -0.2) is 33.5 Å². The number of aromatic nitrogens is 1. The first kappa shape index (κ1) is 17.0. The van der Waals surface area contributed by atoms with Crippen LogP contribution in [-0.2, 0) is 6.18 Å². The molecular weight excluding hydrogens is 317 g/mol. The smallest absolute Gasteiger partial charge is 0.309 e. The first-order valence-corrected chi connectivity index (χ1v) is 9.02. The summed E-state index contributed by atoms with van der Waals surface area (Å²) in [5.41, 5.74) is -0.314. The predicted octanol–water partition coefficient (Wildman–Crippen LogP) is 3.99. The van der Waals surface area contributed by atoms with Crippen LogP contribution in [0, 0.1) is 0 Å². The Balaban J connectivity index is 2.38. The second-order valence-corrected chi connectivity index (χ2v) is 7.68. The van der Waals surface area contributed by atoms with Crippen molar-refractivity contribution in [2.24, 2.45) is 0 Å². The van der Waals surface area contributed by atoms with Crippen molar-refractivity contribution in [3.05, 3.63) is 29.6 Å². The van der Waals surface area contributed by atoms with Gasteiger partial charge in [-0.05, 0) is 12.6 Å². The number of nitrogens with one attached hydrogen (secondary N) is 1. The summed E-state index contributed by atoms with van der Waals surface area (Å²) in [5.74, 6) is 2.03. The zero-order chi connectivity index (χ0) is 15.5. The Bertz CT molecular complexity index is 468. The highest BCUT2D eigenvalue weighted by molar-refractivity contribution is 8.07. The van der Waals surface area contributed by atoms with Crippen molar-refractivity contribution in [3.63, 3.8) is 0 Å². The fourth-order valence-corrected chi connectivity index (χ4v) is 5.49. The lowest BCUT2D eigenvalue weighted by atomic mass is 9.98. The summed E-state index contributed by atoms with van der Waals surface area (Å²) in [4.78, 5) is 3.93. The van der Waals surface area contributed by atoms with Crippen LogP contribution in [0.3, 0.4) is 0 Å². The zero-order valence-electron chi connectivity index (χ0n) is 12.0. The molecule has 0 bridgehead atoms.